The summed E-state index contributed by atoms with van der Waals surface area (Å²) in [5.74, 6) is -0.348. The molecule has 2 aromatic rings. The molecular formula is C13H9Cl3N2O. The van der Waals surface area contributed by atoms with Crippen LogP contribution in [0.2, 0.25) is 15.3 Å². The Morgan fingerprint density at radius 3 is 2.37 bits per heavy atom. The maximum Gasteiger partial charge on any atom is 0.255 e. The van der Waals surface area contributed by atoms with Crippen molar-refractivity contribution >= 4 is 46.4 Å². The van der Waals surface area contributed by atoms with Crippen LogP contribution < -0.4 is 5.32 Å². The highest BCUT2D eigenvalue weighted by atomic mass is 35.5. The van der Waals surface area contributed by atoms with Crippen molar-refractivity contribution in [2.75, 3.05) is 5.32 Å². The van der Waals surface area contributed by atoms with Crippen molar-refractivity contribution in [2.24, 2.45) is 0 Å². The predicted octanol–water partition coefficient (Wildman–Crippen LogP) is 4.60. The number of anilines is 1. The third-order valence-corrected chi connectivity index (χ3v) is 3.11. The number of aryl methyl sites for hydroxylation is 1. The Morgan fingerprint density at radius 2 is 1.74 bits per heavy atom. The van der Waals surface area contributed by atoms with Gasteiger partial charge in [-0.15, -0.1) is 0 Å². The van der Waals surface area contributed by atoms with Crippen molar-refractivity contribution in [3.8, 4) is 0 Å². The molecule has 0 saturated heterocycles. The minimum atomic E-state index is -0.348. The number of hydrogen-bond donors (Lipinski definition) is 1. The van der Waals surface area contributed by atoms with Crippen LogP contribution in [-0.4, -0.2) is 10.9 Å². The standard InChI is InChI=1S/C13H9Cl3N2O/c1-7-2-3-9(14)10(4-7)17-13(19)8-5-11(15)18-12(16)6-8/h2-6H,1H3,(H,17,19). The molecule has 1 heterocycles. The number of carbonyl (C=O) groups excluding carboxylic acids is 1. The molecule has 98 valence electrons. The highest BCUT2D eigenvalue weighted by Gasteiger charge is 2.11. The summed E-state index contributed by atoms with van der Waals surface area (Å²) in [6.45, 7) is 1.91. The Kier molecular flexibility index (Phi) is 4.30. The second-order valence-electron chi connectivity index (χ2n) is 3.94. The SMILES string of the molecule is Cc1ccc(Cl)c(NC(=O)c2cc(Cl)nc(Cl)c2)c1. The molecule has 0 bridgehead atoms. The number of rotatable bonds is 2. The van der Waals surface area contributed by atoms with Crippen molar-refractivity contribution in [1.82, 2.24) is 4.98 Å². The van der Waals surface area contributed by atoms with Crippen LogP contribution >= 0.6 is 34.8 Å². The van der Waals surface area contributed by atoms with Crippen LogP contribution in [0.15, 0.2) is 30.3 Å². The first kappa shape index (κ1) is 14.1. The van der Waals surface area contributed by atoms with E-state index in [1.807, 2.05) is 13.0 Å². The van der Waals surface area contributed by atoms with Crippen LogP contribution in [0.5, 0.6) is 0 Å². The molecule has 2 rings (SSSR count). The van der Waals surface area contributed by atoms with Crippen molar-refractivity contribution in [2.45, 2.75) is 6.92 Å². The van der Waals surface area contributed by atoms with Gasteiger partial charge in [-0.3, -0.25) is 4.79 Å². The Balaban J connectivity index is 2.28. The largest absolute Gasteiger partial charge is 0.321 e. The average Bonchev–Trinajstić information content (AvgIpc) is 2.32. The Morgan fingerprint density at radius 1 is 1.11 bits per heavy atom. The van der Waals surface area contributed by atoms with Crippen LogP contribution in [0.1, 0.15) is 15.9 Å². The molecule has 0 saturated carbocycles. The highest BCUT2D eigenvalue weighted by Crippen LogP contribution is 2.24. The lowest BCUT2D eigenvalue weighted by atomic mass is 10.2. The molecular weight excluding hydrogens is 307 g/mol. The maximum atomic E-state index is 12.1. The summed E-state index contributed by atoms with van der Waals surface area (Å²) in [4.78, 5) is 15.8. The van der Waals surface area contributed by atoms with Gasteiger partial charge in [0.2, 0.25) is 0 Å². The molecule has 0 radical (unpaired) electrons. The summed E-state index contributed by atoms with van der Waals surface area (Å²) in [7, 11) is 0. The summed E-state index contributed by atoms with van der Waals surface area (Å²) < 4.78 is 0. The Bertz CT molecular complexity index is 624. The first-order chi connectivity index (χ1) is 8.95. The number of aromatic nitrogens is 1. The van der Waals surface area contributed by atoms with E-state index < -0.39 is 0 Å². The van der Waals surface area contributed by atoms with E-state index in [-0.39, 0.29) is 16.2 Å². The number of benzene rings is 1. The van der Waals surface area contributed by atoms with E-state index in [2.05, 4.69) is 10.3 Å². The summed E-state index contributed by atoms with van der Waals surface area (Å²) in [5, 5.41) is 3.49. The van der Waals surface area contributed by atoms with Gasteiger partial charge in [0.25, 0.3) is 5.91 Å². The van der Waals surface area contributed by atoms with Gasteiger partial charge in [0.1, 0.15) is 10.3 Å². The molecule has 0 aliphatic rings. The lowest BCUT2D eigenvalue weighted by Crippen LogP contribution is -2.12. The van der Waals surface area contributed by atoms with Gasteiger partial charge >= 0.3 is 0 Å². The van der Waals surface area contributed by atoms with E-state index in [0.29, 0.717) is 16.3 Å². The van der Waals surface area contributed by atoms with Crippen LogP contribution in [0.3, 0.4) is 0 Å². The number of halogens is 3. The number of pyridine rings is 1. The molecule has 0 aliphatic carbocycles. The van der Waals surface area contributed by atoms with Gasteiger partial charge in [0, 0.05) is 5.56 Å². The average molecular weight is 316 g/mol. The second-order valence-corrected chi connectivity index (χ2v) is 5.12. The third kappa shape index (κ3) is 3.60. The summed E-state index contributed by atoms with van der Waals surface area (Å²) in [6, 6.07) is 8.24. The zero-order valence-electron chi connectivity index (χ0n) is 9.88. The molecule has 0 spiro atoms. The van der Waals surface area contributed by atoms with Gasteiger partial charge in [-0.25, -0.2) is 4.98 Å². The lowest BCUT2D eigenvalue weighted by molar-refractivity contribution is 0.102. The first-order valence-electron chi connectivity index (χ1n) is 5.36. The van der Waals surface area contributed by atoms with E-state index >= 15 is 0 Å². The summed E-state index contributed by atoms with van der Waals surface area (Å²) in [5.41, 5.74) is 1.85. The third-order valence-electron chi connectivity index (χ3n) is 2.40. The van der Waals surface area contributed by atoms with Crippen LogP contribution in [0, 0.1) is 6.92 Å². The fraction of sp³-hybridized carbons (Fsp3) is 0.0769. The van der Waals surface area contributed by atoms with Crippen molar-refractivity contribution < 1.29 is 4.79 Å². The Labute approximate surface area is 125 Å². The van der Waals surface area contributed by atoms with E-state index in [0.717, 1.165) is 5.56 Å². The smallest absolute Gasteiger partial charge is 0.255 e. The molecule has 0 fully saturated rings. The number of amides is 1. The molecule has 1 aromatic carbocycles. The van der Waals surface area contributed by atoms with E-state index in [9.17, 15) is 4.79 Å². The Hall–Kier alpha value is -1.29. The van der Waals surface area contributed by atoms with Gasteiger partial charge in [0.15, 0.2) is 0 Å². The summed E-state index contributed by atoms with van der Waals surface area (Å²) in [6.07, 6.45) is 0. The highest BCUT2D eigenvalue weighted by molar-refractivity contribution is 6.34. The summed E-state index contributed by atoms with van der Waals surface area (Å²) >= 11 is 17.5. The zero-order valence-corrected chi connectivity index (χ0v) is 12.1. The molecule has 0 atom stereocenters. The van der Waals surface area contributed by atoms with E-state index in [4.69, 9.17) is 34.8 Å². The second kappa shape index (κ2) is 5.78. The van der Waals surface area contributed by atoms with Crippen LogP contribution in [0.4, 0.5) is 5.69 Å². The van der Waals surface area contributed by atoms with E-state index in [1.54, 1.807) is 12.1 Å². The monoisotopic (exact) mass is 314 g/mol. The normalized spacial score (nSPS) is 10.3. The van der Waals surface area contributed by atoms with Gasteiger partial charge in [0.05, 0.1) is 10.7 Å². The fourth-order valence-electron chi connectivity index (χ4n) is 1.53. The molecule has 0 unspecified atom stereocenters. The molecule has 1 amide bonds. The number of hydrogen-bond acceptors (Lipinski definition) is 2. The van der Waals surface area contributed by atoms with Crippen molar-refractivity contribution in [1.29, 1.82) is 0 Å². The number of nitrogens with one attached hydrogen (secondary N) is 1. The quantitative estimate of drug-likeness (QED) is 0.823. The predicted molar refractivity (Wildman–Crippen MR) is 78.4 cm³/mol. The zero-order chi connectivity index (χ0) is 14.0. The minimum Gasteiger partial charge on any atom is -0.321 e. The maximum absolute atomic E-state index is 12.1. The fourth-order valence-corrected chi connectivity index (χ4v) is 2.15. The number of carbonyl (C=O) groups is 1. The van der Waals surface area contributed by atoms with E-state index in [1.165, 1.54) is 12.1 Å². The topological polar surface area (TPSA) is 42.0 Å². The lowest BCUT2D eigenvalue weighted by Gasteiger charge is -2.08. The molecule has 6 heteroatoms. The molecule has 19 heavy (non-hydrogen) atoms. The van der Waals surface area contributed by atoms with Gasteiger partial charge < -0.3 is 5.32 Å². The molecule has 1 N–H and O–H groups in total. The van der Waals surface area contributed by atoms with Gasteiger partial charge in [-0.1, -0.05) is 40.9 Å². The minimum absolute atomic E-state index is 0.160. The van der Waals surface area contributed by atoms with Crippen molar-refractivity contribution in [3.63, 3.8) is 0 Å². The first-order valence-corrected chi connectivity index (χ1v) is 6.49. The molecule has 1 aromatic heterocycles. The van der Waals surface area contributed by atoms with Crippen LogP contribution in [-0.2, 0) is 0 Å². The van der Waals surface area contributed by atoms with Crippen molar-refractivity contribution in [3.05, 3.63) is 56.8 Å². The van der Waals surface area contributed by atoms with Crippen LogP contribution in [0.25, 0.3) is 0 Å². The van der Waals surface area contributed by atoms with Gasteiger partial charge in [-0.2, -0.15) is 0 Å². The molecule has 3 nitrogen and oxygen atoms in total. The van der Waals surface area contributed by atoms with Gasteiger partial charge in [-0.05, 0) is 36.8 Å². The molecule has 0 aliphatic heterocycles. The number of nitrogens with zero attached hydrogens (tertiary/aromatic N) is 1.